The Kier molecular flexibility index (Phi) is 2.96. The highest BCUT2D eigenvalue weighted by molar-refractivity contribution is 5.88. The van der Waals surface area contributed by atoms with Gasteiger partial charge in [0.25, 0.3) is 0 Å². The highest BCUT2D eigenvalue weighted by atomic mass is 16.5. The largest absolute Gasteiger partial charge is 0.485 e. The Bertz CT molecular complexity index is 538. The number of fused-ring (bicyclic) bond motifs is 1. The molecule has 0 unspecified atom stereocenters. The first-order valence-electron chi connectivity index (χ1n) is 6.70. The molecule has 0 bridgehead atoms. The van der Waals surface area contributed by atoms with Crippen molar-refractivity contribution in [2.24, 2.45) is 5.73 Å². The third-order valence-corrected chi connectivity index (χ3v) is 3.96. The van der Waals surface area contributed by atoms with Crippen LogP contribution in [0.3, 0.4) is 0 Å². The number of benzene rings is 2. The van der Waals surface area contributed by atoms with Crippen LogP contribution in [0.15, 0.2) is 42.5 Å². The molecule has 1 aliphatic rings. The molecule has 2 nitrogen and oxygen atoms in total. The molecule has 2 aromatic rings. The van der Waals surface area contributed by atoms with Crippen molar-refractivity contribution in [2.75, 3.05) is 6.54 Å². The van der Waals surface area contributed by atoms with E-state index in [4.69, 9.17) is 10.5 Å². The smallest absolute Gasteiger partial charge is 0.128 e. The second kappa shape index (κ2) is 4.62. The third-order valence-electron chi connectivity index (χ3n) is 3.96. The normalized spacial score (nSPS) is 18.1. The molecule has 0 atom stereocenters. The molecular formula is C16H19NO. The molecule has 0 radical (unpaired) electrons. The fraction of sp³-hybridized carbons (Fsp3) is 0.375. The van der Waals surface area contributed by atoms with E-state index < -0.39 is 0 Å². The van der Waals surface area contributed by atoms with Gasteiger partial charge in [-0.3, -0.25) is 0 Å². The lowest BCUT2D eigenvalue weighted by Crippen LogP contribution is -2.40. The highest BCUT2D eigenvalue weighted by Gasteiger charge is 2.34. The number of rotatable bonds is 3. The van der Waals surface area contributed by atoms with Gasteiger partial charge in [-0.15, -0.1) is 0 Å². The zero-order chi connectivity index (χ0) is 12.4. The molecule has 0 spiro atoms. The minimum Gasteiger partial charge on any atom is -0.485 e. The van der Waals surface area contributed by atoms with E-state index in [0.29, 0.717) is 6.54 Å². The third kappa shape index (κ3) is 1.97. The van der Waals surface area contributed by atoms with E-state index in [2.05, 4.69) is 42.5 Å². The van der Waals surface area contributed by atoms with Crippen molar-refractivity contribution in [2.45, 2.75) is 31.3 Å². The molecule has 0 saturated heterocycles. The summed E-state index contributed by atoms with van der Waals surface area (Å²) in [6.07, 6.45) is 4.60. The molecule has 0 amide bonds. The van der Waals surface area contributed by atoms with Crippen LogP contribution in [0.2, 0.25) is 0 Å². The van der Waals surface area contributed by atoms with Crippen molar-refractivity contribution in [1.29, 1.82) is 0 Å². The maximum Gasteiger partial charge on any atom is 0.128 e. The lowest BCUT2D eigenvalue weighted by atomic mass is 10.0. The van der Waals surface area contributed by atoms with Crippen molar-refractivity contribution in [3.05, 3.63) is 42.5 Å². The molecule has 18 heavy (non-hydrogen) atoms. The first-order valence-corrected chi connectivity index (χ1v) is 6.70. The van der Waals surface area contributed by atoms with E-state index in [1.165, 1.54) is 23.6 Å². The van der Waals surface area contributed by atoms with Crippen LogP contribution in [0.25, 0.3) is 10.8 Å². The lowest BCUT2D eigenvalue weighted by Gasteiger charge is -2.29. The van der Waals surface area contributed by atoms with Crippen molar-refractivity contribution in [3.8, 4) is 5.75 Å². The quantitative estimate of drug-likeness (QED) is 0.892. The van der Waals surface area contributed by atoms with Gasteiger partial charge >= 0.3 is 0 Å². The van der Waals surface area contributed by atoms with Gasteiger partial charge in [-0.05, 0) is 37.1 Å². The van der Waals surface area contributed by atoms with Gasteiger partial charge in [-0.2, -0.15) is 0 Å². The topological polar surface area (TPSA) is 35.2 Å². The van der Waals surface area contributed by atoms with Crippen LogP contribution in [0.4, 0.5) is 0 Å². The summed E-state index contributed by atoms with van der Waals surface area (Å²) in [5.41, 5.74) is 5.80. The summed E-state index contributed by atoms with van der Waals surface area (Å²) in [4.78, 5) is 0. The number of hydrogen-bond acceptors (Lipinski definition) is 2. The van der Waals surface area contributed by atoms with Gasteiger partial charge in [-0.25, -0.2) is 0 Å². The number of ether oxygens (including phenoxy) is 1. The van der Waals surface area contributed by atoms with Gasteiger partial charge in [-0.1, -0.05) is 36.4 Å². The van der Waals surface area contributed by atoms with E-state index >= 15 is 0 Å². The Hall–Kier alpha value is -1.54. The Morgan fingerprint density at radius 3 is 2.50 bits per heavy atom. The fourth-order valence-corrected chi connectivity index (χ4v) is 2.89. The van der Waals surface area contributed by atoms with Gasteiger partial charge in [0.05, 0.1) is 0 Å². The van der Waals surface area contributed by atoms with E-state index in [-0.39, 0.29) is 5.60 Å². The van der Waals surface area contributed by atoms with Crippen LogP contribution in [0.5, 0.6) is 5.75 Å². The number of hydrogen-bond donors (Lipinski definition) is 1. The van der Waals surface area contributed by atoms with Gasteiger partial charge in [0.15, 0.2) is 0 Å². The Labute approximate surface area is 108 Å². The van der Waals surface area contributed by atoms with Crippen molar-refractivity contribution >= 4 is 10.8 Å². The molecule has 1 aliphatic carbocycles. The van der Waals surface area contributed by atoms with Crippen molar-refractivity contribution in [3.63, 3.8) is 0 Å². The van der Waals surface area contributed by atoms with Crippen LogP contribution in [-0.2, 0) is 0 Å². The molecule has 94 valence electrons. The van der Waals surface area contributed by atoms with E-state index in [9.17, 15) is 0 Å². The molecule has 2 N–H and O–H groups in total. The summed E-state index contributed by atoms with van der Waals surface area (Å²) >= 11 is 0. The Morgan fingerprint density at radius 2 is 1.72 bits per heavy atom. The molecule has 0 heterocycles. The minimum atomic E-state index is -0.135. The molecule has 1 fully saturated rings. The molecule has 0 aromatic heterocycles. The average Bonchev–Trinajstić information content (AvgIpc) is 2.88. The summed E-state index contributed by atoms with van der Waals surface area (Å²) in [6, 6.07) is 14.6. The lowest BCUT2D eigenvalue weighted by molar-refractivity contribution is 0.0872. The molecular weight excluding hydrogens is 222 g/mol. The molecule has 2 aromatic carbocycles. The van der Waals surface area contributed by atoms with Crippen LogP contribution < -0.4 is 10.5 Å². The van der Waals surface area contributed by atoms with Gasteiger partial charge in [0, 0.05) is 11.9 Å². The van der Waals surface area contributed by atoms with Crippen LogP contribution in [0, 0.1) is 0 Å². The fourth-order valence-electron chi connectivity index (χ4n) is 2.89. The average molecular weight is 241 g/mol. The molecule has 3 rings (SSSR count). The first-order chi connectivity index (χ1) is 8.83. The Balaban J connectivity index is 1.99. The SMILES string of the molecule is NCC1(Oc2cccc3ccccc23)CCCC1. The zero-order valence-corrected chi connectivity index (χ0v) is 10.6. The summed E-state index contributed by atoms with van der Waals surface area (Å²) < 4.78 is 6.30. The predicted molar refractivity (Wildman–Crippen MR) is 74.8 cm³/mol. The maximum absolute atomic E-state index is 6.30. The highest BCUT2D eigenvalue weighted by Crippen LogP contribution is 2.36. The molecule has 2 heteroatoms. The van der Waals surface area contributed by atoms with Crippen molar-refractivity contribution < 1.29 is 4.74 Å². The van der Waals surface area contributed by atoms with E-state index in [1.54, 1.807) is 0 Å². The van der Waals surface area contributed by atoms with Gasteiger partial charge < -0.3 is 10.5 Å². The summed E-state index contributed by atoms with van der Waals surface area (Å²) in [7, 11) is 0. The maximum atomic E-state index is 6.30. The van der Waals surface area contributed by atoms with Crippen LogP contribution >= 0.6 is 0 Å². The standard InChI is InChI=1S/C16H19NO/c17-12-16(10-3-4-11-16)18-15-9-5-7-13-6-1-2-8-14(13)15/h1-2,5-9H,3-4,10-12,17H2. The number of nitrogens with two attached hydrogens (primary N) is 1. The first kappa shape index (κ1) is 11.5. The second-order valence-corrected chi connectivity index (χ2v) is 5.17. The summed E-state index contributed by atoms with van der Waals surface area (Å²) in [6.45, 7) is 0.607. The predicted octanol–water partition coefficient (Wildman–Crippen LogP) is 3.49. The van der Waals surface area contributed by atoms with E-state index in [0.717, 1.165) is 18.6 Å². The van der Waals surface area contributed by atoms with Crippen molar-refractivity contribution in [1.82, 2.24) is 0 Å². The van der Waals surface area contributed by atoms with E-state index in [1.807, 2.05) is 0 Å². The monoisotopic (exact) mass is 241 g/mol. The zero-order valence-electron chi connectivity index (χ0n) is 10.6. The summed E-state index contributed by atoms with van der Waals surface area (Å²) in [5, 5.41) is 2.40. The molecule has 0 aliphatic heterocycles. The van der Waals surface area contributed by atoms with Gasteiger partial charge in [0.1, 0.15) is 11.4 Å². The molecule has 1 saturated carbocycles. The minimum absolute atomic E-state index is 0.135. The van der Waals surface area contributed by atoms with Gasteiger partial charge in [0.2, 0.25) is 0 Å². The second-order valence-electron chi connectivity index (χ2n) is 5.17. The van der Waals surface area contributed by atoms with Crippen LogP contribution in [0.1, 0.15) is 25.7 Å². The van der Waals surface area contributed by atoms with Crippen LogP contribution in [-0.4, -0.2) is 12.1 Å². The summed E-state index contributed by atoms with van der Waals surface area (Å²) in [5.74, 6) is 0.973. The Morgan fingerprint density at radius 1 is 1.00 bits per heavy atom.